The number of carbonyl (C=O) groups is 1. The predicted molar refractivity (Wildman–Crippen MR) is 131 cm³/mol. The summed E-state index contributed by atoms with van der Waals surface area (Å²) in [6.45, 7) is 1.89. The Kier molecular flexibility index (Phi) is 6.26. The number of anilines is 1. The molecule has 2 N–H and O–H groups in total. The van der Waals surface area contributed by atoms with Crippen molar-refractivity contribution < 1.29 is 9.53 Å². The van der Waals surface area contributed by atoms with Crippen molar-refractivity contribution in [3.8, 4) is 28.8 Å². The maximum Gasteiger partial charge on any atom is 0.236 e. The summed E-state index contributed by atoms with van der Waals surface area (Å²) in [5.41, 5.74) is 8.51. The molecule has 0 radical (unpaired) electrons. The van der Waals surface area contributed by atoms with Gasteiger partial charge in [-0.3, -0.25) is 4.79 Å². The molecule has 0 bridgehead atoms. The van der Waals surface area contributed by atoms with E-state index >= 15 is 0 Å². The number of amides is 1. The zero-order valence-corrected chi connectivity index (χ0v) is 19.2. The molecule has 4 aromatic rings. The fourth-order valence-corrected chi connectivity index (χ4v) is 4.53. The van der Waals surface area contributed by atoms with Crippen molar-refractivity contribution >= 4 is 22.8 Å². The Hall–Kier alpha value is -4.45. The summed E-state index contributed by atoms with van der Waals surface area (Å²) < 4.78 is 7.77. The lowest BCUT2D eigenvalue weighted by atomic mass is 9.98. The monoisotopic (exact) mass is 467 g/mol. The van der Waals surface area contributed by atoms with Gasteiger partial charge in [0.25, 0.3) is 0 Å². The van der Waals surface area contributed by atoms with Crippen molar-refractivity contribution in [3.63, 3.8) is 0 Å². The molecule has 5 rings (SSSR count). The van der Waals surface area contributed by atoms with Crippen LogP contribution in [0, 0.1) is 17.2 Å². The fourth-order valence-electron chi connectivity index (χ4n) is 4.53. The molecule has 2 aromatic carbocycles. The van der Waals surface area contributed by atoms with E-state index in [1.54, 1.807) is 4.90 Å². The minimum Gasteiger partial charge on any atom is -0.457 e. The van der Waals surface area contributed by atoms with E-state index in [4.69, 9.17) is 20.8 Å². The zero-order valence-electron chi connectivity index (χ0n) is 19.2. The van der Waals surface area contributed by atoms with E-state index in [-0.39, 0.29) is 18.2 Å². The molecule has 0 spiro atoms. The summed E-state index contributed by atoms with van der Waals surface area (Å²) in [6, 6.07) is 19.2. The SMILES string of the molecule is N#CCC(=O)N1CCCC(Cn2nc(-c3ccc(Oc4ccccc4)cc3)c3c(N)ncnc32)C1. The fraction of sp³-hybridized carbons (Fsp3) is 0.269. The van der Waals surface area contributed by atoms with Gasteiger partial charge in [0.2, 0.25) is 5.91 Å². The van der Waals surface area contributed by atoms with E-state index in [1.165, 1.54) is 6.33 Å². The standard InChI is InChI=1S/C26H25N7O2/c27-13-12-22(34)32-14-4-5-18(15-32)16-33-26-23(25(28)29-17-30-26)24(31-33)19-8-10-21(11-9-19)35-20-6-2-1-3-7-20/h1-3,6-11,17-18H,4-5,12,14-16H2,(H2,28,29,30). The normalized spacial score (nSPS) is 15.6. The number of rotatable bonds is 6. The molecular weight excluding hydrogens is 442 g/mol. The number of nitrogens with two attached hydrogens (primary N) is 1. The first-order chi connectivity index (χ1) is 17.1. The number of para-hydroxylation sites is 1. The number of ether oxygens (including phenoxy) is 1. The van der Waals surface area contributed by atoms with Gasteiger partial charge in [0.1, 0.15) is 35.8 Å². The van der Waals surface area contributed by atoms with Crippen molar-refractivity contribution in [2.45, 2.75) is 25.8 Å². The van der Waals surface area contributed by atoms with Crippen LogP contribution in [-0.4, -0.2) is 43.6 Å². The third-order valence-corrected chi connectivity index (χ3v) is 6.20. The van der Waals surface area contributed by atoms with Gasteiger partial charge in [0.15, 0.2) is 5.65 Å². The maximum atomic E-state index is 12.2. The number of likely N-dealkylation sites (tertiary alicyclic amines) is 1. The topological polar surface area (TPSA) is 123 Å². The molecule has 0 aliphatic carbocycles. The lowest BCUT2D eigenvalue weighted by molar-refractivity contribution is -0.132. The van der Waals surface area contributed by atoms with Crippen LogP contribution < -0.4 is 10.5 Å². The van der Waals surface area contributed by atoms with Gasteiger partial charge >= 0.3 is 0 Å². The first kappa shape index (κ1) is 22.3. The number of nitriles is 1. The highest BCUT2D eigenvalue weighted by atomic mass is 16.5. The lowest BCUT2D eigenvalue weighted by Crippen LogP contribution is -2.41. The molecule has 3 heterocycles. The Morgan fingerprint density at radius 1 is 1.11 bits per heavy atom. The predicted octanol–water partition coefficient (Wildman–Crippen LogP) is 4.02. The van der Waals surface area contributed by atoms with Gasteiger partial charge in [-0.05, 0) is 55.2 Å². The van der Waals surface area contributed by atoms with E-state index in [9.17, 15) is 4.79 Å². The third-order valence-electron chi connectivity index (χ3n) is 6.20. The van der Waals surface area contributed by atoms with Crippen LogP contribution in [0.4, 0.5) is 5.82 Å². The highest BCUT2D eigenvalue weighted by Gasteiger charge is 2.26. The van der Waals surface area contributed by atoms with Crippen LogP contribution in [0.3, 0.4) is 0 Å². The minimum absolute atomic E-state index is 0.0880. The minimum atomic E-state index is -0.118. The van der Waals surface area contributed by atoms with Gasteiger partial charge in [0, 0.05) is 25.2 Å². The molecule has 35 heavy (non-hydrogen) atoms. The van der Waals surface area contributed by atoms with E-state index in [0.29, 0.717) is 42.2 Å². The summed E-state index contributed by atoms with van der Waals surface area (Å²) in [5.74, 6) is 1.95. The molecule has 1 fully saturated rings. The van der Waals surface area contributed by atoms with E-state index in [0.717, 1.165) is 29.9 Å². The second-order valence-corrected chi connectivity index (χ2v) is 8.61. The largest absolute Gasteiger partial charge is 0.457 e. The molecule has 9 nitrogen and oxygen atoms in total. The quantitative estimate of drug-likeness (QED) is 0.454. The van der Waals surface area contributed by atoms with Crippen molar-refractivity contribution in [1.82, 2.24) is 24.6 Å². The van der Waals surface area contributed by atoms with Crippen LogP contribution in [0.25, 0.3) is 22.3 Å². The van der Waals surface area contributed by atoms with Crippen molar-refractivity contribution in [3.05, 3.63) is 60.9 Å². The van der Waals surface area contributed by atoms with E-state index in [1.807, 2.05) is 65.3 Å². The first-order valence-corrected chi connectivity index (χ1v) is 11.6. The number of nitrogen functional groups attached to an aromatic ring is 1. The molecule has 176 valence electrons. The maximum absolute atomic E-state index is 12.2. The van der Waals surface area contributed by atoms with Crippen LogP contribution in [-0.2, 0) is 11.3 Å². The van der Waals surface area contributed by atoms with Crippen LogP contribution in [0.15, 0.2) is 60.9 Å². The number of benzene rings is 2. The van der Waals surface area contributed by atoms with Gasteiger partial charge in [-0.15, -0.1) is 0 Å². The molecule has 2 aromatic heterocycles. The van der Waals surface area contributed by atoms with Crippen molar-refractivity contribution in [2.24, 2.45) is 5.92 Å². The lowest BCUT2D eigenvalue weighted by Gasteiger charge is -2.32. The smallest absolute Gasteiger partial charge is 0.236 e. The molecule has 0 saturated carbocycles. The molecule has 1 saturated heterocycles. The molecular formula is C26H25N7O2. The van der Waals surface area contributed by atoms with Gasteiger partial charge in [-0.25, -0.2) is 14.6 Å². The van der Waals surface area contributed by atoms with Crippen molar-refractivity contribution in [2.75, 3.05) is 18.8 Å². The zero-order chi connectivity index (χ0) is 24.2. The number of nitrogens with zero attached hydrogens (tertiary/aromatic N) is 6. The Balaban J connectivity index is 1.41. The highest BCUT2D eigenvalue weighted by Crippen LogP contribution is 2.33. The second kappa shape index (κ2) is 9.81. The van der Waals surface area contributed by atoms with Gasteiger partial charge in [-0.2, -0.15) is 10.4 Å². The Bertz CT molecular complexity index is 1380. The van der Waals surface area contributed by atoms with Crippen LogP contribution in [0.1, 0.15) is 19.3 Å². The molecule has 1 aliphatic rings. The highest BCUT2D eigenvalue weighted by molar-refractivity contribution is 5.98. The number of carbonyl (C=O) groups excluding carboxylic acids is 1. The summed E-state index contributed by atoms with van der Waals surface area (Å²) in [7, 11) is 0. The number of fused-ring (bicyclic) bond motifs is 1. The molecule has 9 heteroatoms. The third kappa shape index (κ3) is 4.77. The number of aromatic nitrogens is 4. The number of hydrogen-bond donors (Lipinski definition) is 1. The Morgan fingerprint density at radius 3 is 2.66 bits per heavy atom. The average Bonchev–Trinajstić information content (AvgIpc) is 3.25. The van der Waals surface area contributed by atoms with Crippen LogP contribution >= 0.6 is 0 Å². The molecule has 1 atom stereocenters. The first-order valence-electron chi connectivity index (χ1n) is 11.6. The van der Waals surface area contributed by atoms with Gasteiger partial charge in [-0.1, -0.05) is 18.2 Å². The van der Waals surface area contributed by atoms with Crippen LogP contribution in [0.5, 0.6) is 11.5 Å². The second-order valence-electron chi connectivity index (χ2n) is 8.61. The van der Waals surface area contributed by atoms with Crippen molar-refractivity contribution in [1.29, 1.82) is 5.26 Å². The summed E-state index contributed by atoms with van der Waals surface area (Å²) in [4.78, 5) is 22.7. The summed E-state index contributed by atoms with van der Waals surface area (Å²) in [6.07, 6.45) is 3.22. The van der Waals surface area contributed by atoms with E-state index in [2.05, 4.69) is 9.97 Å². The van der Waals surface area contributed by atoms with E-state index < -0.39 is 0 Å². The average molecular weight is 468 g/mol. The van der Waals surface area contributed by atoms with Gasteiger partial charge in [0.05, 0.1) is 11.5 Å². The molecule has 1 unspecified atom stereocenters. The molecule has 1 aliphatic heterocycles. The number of hydrogen-bond acceptors (Lipinski definition) is 7. The summed E-state index contributed by atoms with van der Waals surface area (Å²) in [5, 5.41) is 14.4. The Labute approximate surface area is 202 Å². The van der Waals surface area contributed by atoms with Crippen LogP contribution in [0.2, 0.25) is 0 Å². The van der Waals surface area contributed by atoms with Gasteiger partial charge < -0.3 is 15.4 Å². The number of piperidine rings is 1. The molecule has 1 amide bonds. The summed E-state index contributed by atoms with van der Waals surface area (Å²) >= 11 is 0. The Morgan fingerprint density at radius 2 is 1.89 bits per heavy atom.